The quantitative estimate of drug-likeness (QED) is 0.649. The van der Waals surface area contributed by atoms with E-state index in [1.807, 2.05) is 0 Å². The summed E-state index contributed by atoms with van der Waals surface area (Å²) in [5.41, 5.74) is 0.199. The minimum atomic E-state index is -4.46. The lowest BCUT2D eigenvalue weighted by molar-refractivity contribution is -0.137. The molecule has 1 aromatic heterocycles. The van der Waals surface area contributed by atoms with E-state index in [1.54, 1.807) is 25.1 Å². The first-order chi connectivity index (χ1) is 12.8. The maximum Gasteiger partial charge on any atom is 0.416 e. The average molecular weight is 394 g/mol. The first-order valence-corrected chi connectivity index (χ1v) is 8.66. The molecule has 27 heavy (non-hydrogen) atoms. The Kier molecular flexibility index (Phi) is 5.13. The van der Waals surface area contributed by atoms with Crippen molar-refractivity contribution < 1.29 is 27.5 Å². The smallest absolute Gasteiger partial charge is 0.416 e. The van der Waals surface area contributed by atoms with Gasteiger partial charge in [0.05, 0.1) is 28.0 Å². The summed E-state index contributed by atoms with van der Waals surface area (Å²) in [6, 6.07) is 8.71. The van der Waals surface area contributed by atoms with Gasteiger partial charge >= 0.3 is 12.1 Å². The molecule has 0 aliphatic carbocycles. The number of fused-ring (bicyclic) bond motifs is 1. The summed E-state index contributed by atoms with van der Waals surface area (Å²) < 4.78 is 43.3. The molecule has 0 saturated carbocycles. The predicted octanol–water partition coefficient (Wildman–Crippen LogP) is 4.74. The summed E-state index contributed by atoms with van der Waals surface area (Å²) in [5, 5.41) is 2.82. The Hall–Kier alpha value is -2.94. The zero-order valence-electron chi connectivity index (χ0n) is 14.0. The number of esters is 1. The van der Waals surface area contributed by atoms with Gasteiger partial charge in [-0.3, -0.25) is 10.1 Å². The Morgan fingerprint density at radius 3 is 2.41 bits per heavy atom. The molecule has 0 aliphatic heterocycles. The molecule has 140 valence electrons. The molecule has 1 N–H and O–H groups in total. The minimum absolute atomic E-state index is 0.0782. The SMILES string of the molecule is CCOC(=O)c1ccc2nc(NC(=O)c3ccc(C(F)(F)F)cc3)sc2c1. The number of alkyl halides is 3. The number of ether oxygens (including phenoxy) is 1. The summed E-state index contributed by atoms with van der Waals surface area (Å²) in [6.45, 7) is 1.96. The maximum absolute atomic E-state index is 12.6. The van der Waals surface area contributed by atoms with Gasteiger partial charge in [0.15, 0.2) is 5.13 Å². The van der Waals surface area contributed by atoms with Gasteiger partial charge in [0.1, 0.15) is 0 Å². The molecule has 3 aromatic rings. The van der Waals surface area contributed by atoms with E-state index in [-0.39, 0.29) is 17.3 Å². The third-order valence-corrected chi connectivity index (χ3v) is 4.53. The number of carbonyl (C=O) groups is 2. The van der Waals surface area contributed by atoms with Crippen LogP contribution in [0.2, 0.25) is 0 Å². The van der Waals surface area contributed by atoms with Crippen molar-refractivity contribution in [2.24, 2.45) is 0 Å². The van der Waals surface area contributed by atoms with Crippen LogP contribution in [0.3, 0.4) is 0 Å². The van der Waals surface area contributed by atoms with Crippen molar-refractivity contribution in [3.05, 3.63) is 59.2 Å². The lowest BCUT2D eigenvalue weighted by atomic mass is 10.1. The van der Waals surface area contributed by atoms with Crippen molar-refractivity contribution >= 4 is 38.6 Å². The number of anilines is 1. The molecule has 0 radical (unpaired) electrons. The summed E-state index contributed by atoms with van der Waals surface area (Å²) >= 11 is 1.15. The van der Waals surface area contributed by atoms with Gasteiger partial charge in [-0.25, -0.2) is 9.78 Å². The second-order valence-electron chi connectivity index (χ2n) is 5.45. The maximum atomic E-state index is 12.6. The molecular formula is C18H13F3N2O3S. The van der Waals surface area contributed by atoms with Crippen LogP contribution >= 0.6 is 11.3 Å². The number of nitrogens with one attached hydrogen (secondary N) is 1. The molecular weight excluding hydrogens is 381 g/mol. The Labute approximate surface area is 155 Å². The number of carbonyl (C=O) groups excluding carboxylic acids is 2. The van der Waals surface area contributed by atoms with Crippen LogP contribution in [0.15, 0.2) is 42.5 Å². The molecule has 5 nitrogen and oxygen atoms in total. The minimum Gasteiger partial charge on any atom is -0.462 e. The molecule has 0 unspecified atom stereocenters. The van der Waals surface area contributed by atoms with Crippen molar-refractivity contribution in [3.63, 3.8) is 0 Å². The van der Waals surface area contributed by atoms with E-state index in [9.17, 15) is 22.8 Å². The second kappa shape index (κ2) is 7.36. The third kappa shape index (κ3) is 4.25. The first-order valence-electron chi connectivity index (χ1n) is 7.84. The van der Waals surface area contributed by atoms with Crippen molar-refractivity contribution in [2.45, 2.75) is 13.1 Å². The predicted molar refractivity (Wildman–Crippen MR) is 95.0 cm³/mol. The van der Waals surface area contributed by atoms with Crippen molar-refractivity contribution in [2.75, 3.05) is 11.9 Å². The van der Waals surface area contributed by atoms with E-state index in [4.69, 9.17) is 4.74 Å². The summed E-state index contributed by atoms with van der Waals surface area (Å²) in [6.07, 6.45) is -4.46. The number of hydrogen-bond acceptors (Lipinski definition) is 5. The van der Waals surface area contributed by atoms with Crippen molar-refractivity contribution in [3.8, 4) is 0 Å². The second-order valence-corrected chi connectivity index (χ2v) is 6.48. The number of hydrogen-bond donors (Lipinski definition) is 1. The molecule has 0 saturated heterocycles. The Morgan fingerprint density at radius 1 is 1.11 bits per heavy atom. The van der Waals surface area contributed by atoms with Crippen LogP contribution in [0, 0.1) is 0 Å². The van der Waals surface area contributed by atoms with E-state index in [1.165, 1.54) is 0 Å². The normalized spacial score (nSPS) is 11.4. The number of aromatic nitrogens is 1. The molecule has 0 aliphatic rings. The van der Waals surface area contributed by atoms with Gasteiger partial charge in [-0.2, -0.15) is 13.2 Å². The van der Waals surface area contributed by atoms with Crippen LogP contribution < -0.4 is 5.32 Å². The van der Waals surface area contributed by atoms with Crippen molar-refractivity contribution in [1.82, 2.24) is 4.98 Å². The lowest BCUT2D eigenvalue weighted by Crippen LogP contribution is -2.12. The Balaban J connectivity index is 1.77. The number of benzene rings is 2. The van der Waals surface area contributed by atoms with Crippen LogP contribution in [-0.4, -0.2) is 23.5 Å². The highest BCUT2D eigenvalue weighted by Crippen LogP contribution is 2.30. The third-order valence-electron chi connectivity index (χ3n) is 3.59. The molecule has 3 rings (SSSR count). The Morgan fingerprint density at radius 2 is 1.78 bits per heavy atom. The molecule has 0 fully saturated rings. The van der Waals surface area contributed by atoms with Crippen LogP contribution in [0.25, 0.3) is 10.2 Å². The monoisotopic (exact) mass is 394 g/mol. The molecule has 1 amide bonds. The molecule has 0 spiro atoms. The molecule has 0 bridgehead atoms. The fourth-order valence-corrected chi connectivity index (χ4v) is 3.20. The van der Waals surface area contributed by atoms with Gasteiger partial charge in [-0.1, -0.05) is 11.3 Å². The summed E-state index contributed by atoms with van der Waals surface area (Å²) in [5.74, 6) is -1.03. The van der Waals surface area contributed by atoms with E-state index < -0.39 is 23.6 Å². The number of amides is 1. The largest absolute Gasteiger partial charge is 0.462 e. The zero-order chi connectivity index (χ0) is 19.6. The highest BCUT2D eigenvalue weighted by Gasteiger charge is 2.30. The summed E-state index contributed by atoms with van der Waals surface area (Å²) in [7, 11) is 0. The van der Waals surface area contributed by atoms with E-state index in [0.717, 1.165) is 35.6 Å². The Bertz CT molecular complexity index is 997. The van der Waals surface area contributed by atoms with E-state index >= 15 is 0 Å². The average Bonchev–Trinajstić information content (AvgIpc) is 3.02. The van der Waals surface area contributed by atoms with E-state index in [0.29, 0.717) is 15.8 Å². The van der Waals surface area contributed by atoms with Gasteiger partial charge in [0.25, 0.3) is 5.91 Å². The van der Waals surface area contributed by atoms with Crippen LogP contribution in [-0.2, 0) is 10.9 Å². The van der Waals surface area contributed by atoms with Crippen molar-refractivity contribution in [1.29, 1.82) is 0 Å². The fourth-order valence-electron chi connectivity index (χ4n) is 2.30. The number of thiazole rings is 1. The number of nitrogens with zero attached hydrogens (tertiary/aromatic N) is 1. The topological polar surface area (TPSA) is 68.3 Å². The van der Waals surface area contributed by atoms with Gasteiger partial charge in [-0.15, -0.1) is 0 Å². The van der Waals surface area contributed by atoms with Crippen LogP contribution in [0.1, 0.15) is 33.2 Å². The first kappa shape index (κ1) is 18.8. The molecule has 2 aromatic carbocycles. The van der Waals surface area contributed by atoms with Crippen LogP contribution in [0.4, 0.5) is 18.3 Å². The van der Waals surface area contributed by atoms with Gasteiger partial charge in [0, 0.05) is 5.56 Å². The van der Waals surface area contributed by atoms with Gasteiger partial charge in [0.2, 0.25) is 0 Å². The molecule has 0 atom stereocenters. The van der Waals surface area contributed by atoms with Gasteiger partial charge in [-0.05, 0) is 49.4 Å². The highest BCUT2D eigenvalue weighted by molar-refractivity contribution is 7.22. The standard InChI is InChI=1S/C18H13F3N2O3S/c1-2-26-16(25)11-5-8-13-14(9-11)27-17(22-13)23-15(24)10-3-6-12(7-4-10)18(19,20)21/h3-9H,2H2,1H3,(H,22,23,24). The zero-order valence-corrected chi connectivity index (χ0v) is 14.8. The van der Waals surface area contributed by atoms with Gasteiger partial charge < -0.3 is 4.74 Å². The molecule has 9 heteroatoms. The highest BCUT2D eigenvalue weighted by atomic mass is 32.1. The number of halogens is 3. The van der Waals surface area contributed by atoms with E-state index in [2.05, 4.69) is 10.3 Å². The number of rotatable bonds is 4. The lowest BCUT2D eigenvalue weighted by Gasteiger charge is -2.07. The fraction of sp³-hybridized carbons (Fsp3) is 0.167. The van der Waals surface area contributed by atoms with Crippen LogP contribution in [0.5, 0.6) is 0 Å². The molecule has 1 heterocycles. The summed E-state index contributed by atoms with van der Waals surface area (Å²) in [4.78, 5) is 28.2.